The lowest BCUT2D eigenvalue weighted by Crippen LogP contribution is -2.36. The molecule has 0 radical (unpaired) electrons. The number of amides is 2. The molecule has 2 N–H and O–H groups in total. The van der Waals surface area contributed by atoms with E-state index in [1.54, 1.807) is 6.07 Å². The second-order valence-electron chi connectivity index (χ2n) is 4.07. The summed E-state index contributed by atoms with van der Waals surface area (Å²) < 4.78 is 0. The Balaban J connectivity index is 2.55. The molecule has 1 aromatic rings. The minimum atomic E-state index is -0.605. The van der Waals surface area contributed by atoms with Crippen molar-refractivity contribution >= 4 is 17.5 Å². The van der Waals surface area contributed by atoms with E-state index < -0.39 is 11.8 Å². The third kappa shape index (κ3) is 4.20. The summed E-state index contributed by atoms with van der Waals surface area (Å²) in [7, 11) is 0. The molecule has 0 unspecified atom stereocenters. The van der Waals surface area contributed by atoms with Crippen LogP contribution in [0.25, 0.3) is 0 Å². The molecule has 4 heteroatoms. The average molecular weight is 248 g/mol. The maximum Gasteiger partial charge on any atom is 0.313 e. The van der Waals surface area contributed by atoms with Gasteiger partial charge in [0.25, 0.3) is 0 Å². The van der Waals surface area contributed by atoms with E-state index in [-0.39, 0.29) is 0 Å². The van der Waals surface area contributed by atoms with Gasteiger partial charge in [0.2, 0.25) is 0 Å². The monoisotopic (exact) mass is 248 g/mol. The van der Waals surface area contributed by atoms with Gasteiger partial charge in [-0.2, -0.15) is 0 Å². The smallest absolute Gasteiger partial charge is 0.313 e. The minimum Gasteiger partial charge on any atom is -0.348 e. The number of nitrogens with one attached hydrogen (secondary N) is 2. The third-order valence-corrected chi connectivity index (χ3v) is 2.67. The van der Waals surface area contributed by atoms with Crippen molar-refractivity contribution in [2.24, 2.45) is 0 Å². The molecule has 1 rings (SSSR count). The maximum atomic E-state index is 11.7. The van der Waals surface area contributed by atoms with Gasteiger partial charge in [0.1, 0.15) is 0 Å². The van der Waals surface area contributed by atoms with E-state index in [1.165, 1.54) is 0 Å². The van der Waals surface area contributed by atoms with Gasteiger partial charge in [-0.15, -0.1) is 0 Å². The Labute approximate surface area is 108 Å². The van der Waals surface area contributed by atoms with Gasteiger partial charge in [-0.1, -0.05) is 38.5 Å². The fraction of sp³-hybridized carbons (Fsp3) is 0.429. The molecule has 4 nitrogen and oxygen atoms in total. The zero-order chi connectivity index (χ0) is 13.4. The molecule has 0 aliphatic carbocycles. The molecule has 0 fully saturated rings. The normalized spacial score (nSPS) is 9.89. The molecule has 2 amide bonds. The molecule has 0 aliphatic heterocycles. The van der Waals surface area contributed by atoms with Crippen LogP contribution in [0.5, 0.6) is 0 Å². The number of unbranched alkanes of at least 4 members (excludes halogenated alkanes) is 1. The van der Waals surface area contributed by atoms with Gasteiger partial charge < -0.3 is 10.6 Å². The Morgan fingerprint density at radius 1 is 1.11 bits per heavy atom. The maximum absolute atomic E-state index is 11.7. The molecule has 0 atom stereocenters. The molecule has 0 bridgehead atoms. The van der Waals surface area contributed by atoms with Crippen molar-refractivity contribution in [2.45, 2.75) is 33.1 Å². The van der Waals surface area contributed by atoms with Crippen LogP contribution in [0.3, 0.4) is 0 Å². The fourth-order valence-corrected chi connectivity index (χ4v) is 1.59. The minimum absolute atomic E-state index is 0.540. The quantitative estimate of drug-likeness (QED) is 0.619. The molecule has 0 saturated carbocycles. The van der Waals surface area contributed by atoms with Crippen molar-refractivity contribution in [3.8, 4) is 0 Å². The van der Waals surface area contributed by atoms with Crippen LogP contribution in [-0.2, 0) is 16.0 Å². The number of aryl methyl sites for hydroxylation is 1. The van der Waals surface area contributed by atoms with Crippen LogP contribution >= 0.6 is 0 Å². The largest absolute Gasteiger partial charge is 0.348 e. The highest BCUT2D eigenvalue weighted by Gasteiger charge is 2.13. The van der Waals surface area contributed by atoms with Crippen LogP contribution in [0.15, 0.2) is 24.3 Å². The SMILES string of the molecule is CCCCNC(=O)C(=O)Nc1ccccc1CC. The number of hydrogen-bond donors (Lipinski definition) is 2. The van der Waals surface area contributed by atoms with Gasteiger partial charge in [-0.3, -0.25) is 9.59 Å². The van der Waals surface area contributed by atoms with Crippen molar-refractivity contribution in [2.75, 3.05) is 11.9 Å². The Kier molecular flexibility index (Phi) is 5.91. The Morgan fingerprint density at radius 3 is 2.50 bits per heavy atom. The molecule has 1 aromatic carbocycles. The lowest BCUT2D eigenvalue weighted by atomic mass is 10.1. The number of carbonyl (C=O) groups excluding carboxylic acids is 2. The third-order valence-electron chi connectivity index (χ3n) is 2.67. The van der Waals surface area contributed by atoms with Gasteiger partial charge >= 0.3 is 11.8 Å². The van der Waals surface area contributed by atoms with Crippen LogP contribution in [0.4, 0.5) is 5.69 Å². The number of carbonyl (C=O) groups is 2. The van der Waals surface area contributed by atoms with Crippen LogP contribution in [0.2, 0.25) is 0 Å². The van der Waals surface area contributed by atoms with Crippen LogP contribution in [0, 0.1) is 0 Å². The molecule has 0 spiro atoms. The first-order chi connectivity index (χ1) is 8.69. The summed E-state index contributed by atoms with van der Waals surface area (Å²) in [6.45, 7) is 4.58. The second kappa shape index (κ2) is 7.48. The molecule has 18 heavy (non-hydrogen) atoms. The van der Waals surface area contributed by atoms with Gasteiger partial charge in [0, 0.05) is 12.2 Å². The van der Waals surface area contributed by atoms with Crippen molar-refractivity contribution < 1.29 is 9.59 Å². The highest BCUT2D eigenvalue weighted by Crippen LogP contribution is 2.14. The van der Waals surface area contributed by atoms with E-state index in [0.29, 0.717) is 12.2 Å². The standard InChI is InChI=1S/C14H20N2O2/c1-3-5-10-15-13(17)14(18)16-12-9-7-6-8-11(12)4-2/h6-9H,3-5,10H2,1-2H3,(H,15,17)(H,16,18). The first-order valence-electron chi connectivity index (χ1n) is 6.36. The first-order valence-corrected chi connectivity index (χ1v) is 6.36. The van der Waals surface area contributed by atoms with E-state index in [1.807, 2.05) is 32.0 Å². The van der Waals surface area contributed by atoms with E-state index in [0.717, 1.165) is 24.8 Å². The molecule has 0 aliphatic rings. The zero-order valence-corrected chi connectivity index (χ0v) is 11.0. The van der Waals surface area contributed by atoms with Crippen molar-refractivity contribution in [3.63, 3.8) is 0 Å². The van der Waals surface area contributed by atoms with Crippen LogP contribution < -0.4 is 10.6 Å². The van der Waals surface area contributed by atoms with Gasteiger partial charge in [-0.25, -0.2) is 0 Å². The van der Waals surface area contributed by atoms with Crippen molar-refractivity contribution in [3.05, 3.63) is 29.8 Å². The molecule has 0 saturated heterocycles. The molecular formula is C14H20N2O2. The van der Waals surface area contributed by atoms with Gasteiger partial charge in [0.05, 0.1) is 0 Å². The lowest BCUT2D eigenvalue weighted by molar-refractivity contribution is -0.136. The van der Waals surface area contributed by atoms with E-state index in [4.69, 9.17) is 0 Å². The van der Waals surface area contributed by atoms with Gasteiger partial charge in [-0.05, 0) is 24.5 Å². The van der Waals surface area contributed by atoms with Crippen molar-refractivity contribution in [1.29, 1.82) is 0 Å². The molecule has 0 aromatic heterocycles. The van der Waals surface area contributed by atoms with E-state index in [2.05, 4.69) is 10.6 Å². The number of anilines is 1. The zero-order valence-electron chi connectivity index (χ0n) is 11.0. The highest BCUT2D eigenvalue weighted by molar-refractivity contribution is 6.39. The van der Waals surface area contributed by atoms with Crippen LogP contribution in [0.1, 0.15) is 32.3 Å². The van der Waals surface area contributed by atoms with Crippen molar-refractivity contribution in [1.82, 2.24) is 5.32 Å². The topological polar surface area (TPSA) is 58.2 Å². The second-order valence-corrected chi connectivity index (χ2v) is 4.07. The summed E-state index contributed by atoms with van der Waals surface area (Å²) in [5, 5.41) is 5.23. The fourth-order valence-electron chi connectivity index (χ4n) is 1.59. The van der Waals surface area contributed by atoms with E-state index in [9.17, 15) is 9.59 Å². The Hall–Kier alpha value is -1.84. The highest BCUT2D eigenvalue weighted by atomic mass is 16.2. The first kappa shape index (κ1) is 14.2. The number of para-hydroxylation sites is 1. The van der Waals surface area contributed by atoms with Gasteiger partial charge in [0.15, 0.2) is 0 Å². The Bertz CT molecular complexity index is 416. The number of benzene rings is 1. The molecular weight excluding hydrogens is 228 g/mol. The summed E-state index contributed by atoms with van der Waals surface area (Å²) >= 11 is 0. The Morgan fingerprint density at radius 2 is 1.83 bits per heavy atom. The summed E-state index contributed by atoms with van der Waals surface area (Å²) in [5.41, 5.74) is 1.72. The van der Waals surface area contributed by atoms with E-state index >= 15 is 0 Å². The summed E-state index contributed by atoms with van der Waals surface area (Å²) in [6.07, 6.45) is 2.68. The average Bonchev–Trinajstić information content (AvgIpc) is 2.39. The predicted molar refractivity (Wildman–Crippen MR) is 72.4 cm³/mol. The summed E-state index contributed by atoms with van der Waals surface area (Å²) in [4.78, 5) is 23.2. The number of hydrogen-bond acceptors (Lipinski definition) is 2. The van der Waals surface area contributed by atoms with Crippen LogP contribution in [-0.4, -0.2) is 18.4 Å². The predicted octanol–water partition coefficient (Wildman–Crippen LogP) is 2.10. The molecule has 98 valence electrons. The summed E-state index contributed by atoms with van der Waals surface area (Å²) in [5.74, 6) is -1.18. The molecule has 0 heterocycles. The number of rotatable bonds is 5. The summed E-state index contributed by atoms with van der Waals surface area (Å²) in [6, 6.07) is 7.49. The lowest BCUT2D eigenvalue weighted by Gasteiger charge is -2.09.